The zero-order valence-electron chi connectivity index (χ0n) is 18.9. The third-order valence-corrected chi connectivity index (χ3v) is 5.75. The molecule has 0 saturated heterocycles. The quantitative estimate of drug-likeness (QED) is 0.191. The molecular formula is C27H48O. The van der Waals surface area contributed by atoms with Crippen LogP contribution in [0.3, 0.4) is 0 Å². The molecule has 0 aromatic heterocycles. The number of benzene rings is 1. The number of hydrogen-bond acceptors (Lipinski definition) is 1. The summed E-state index contributed by atoms with van der Waals surface area (Å²) in [6.07, 6.45) is 25.7. The summed E-state index contributed by atoms with van der Waals surface area (Å²) in [6.45, 7) is 3.97. The van der Waals surface area contributed by atoms with E-state index in [1.165, 1.54) is 121 Å². The summed E-state index contributed by atoms with van der Waals surface area (Å²) in [5, 5.41) is 0. The smallest absolute Gasteiger partial charge is 0.0716 e. The van der Waals surface area contributed by atoms with Crippen molar-refractivity contribution in [3.05, 3.63) is 35.9 Å². The summed E-state index contributed by atoms with van der Waals surface area (Å²) in [5.41, 5.74) is 1.28. The van der Waals surface area contributed by atoms with Crippen molar-refractivity contribution in [3.8, 4) is 0 Å². The second-order valence-electron chi connectivity index (χ2n) is 8.55. The average Bonchev–Trinajstić information content (AvgIpc) is 2.73. The monoisotopic (exact) mass is 388 g/mol. The zero-order chi connectivity index (χ0) is 20.0. The molecule has 0 aliphatic carbocycles. The summed E-state index contributed by atoms with van der Waals surface area (Å²) in [7, 11) is 0. The van der Waals surface area contributed by atoms with E-state index in [4.69, 9.17) is 4.74 Å². The molecule has 1 aromatic carbocycles. The van der Waals surface area contributed by atoms with Crippen molar-refractivity contribution < 1.29 is 4.74 Å². The molecule has 0 spiro atoms. The van der Waals surface area contributed by atoms with Crippen LogP contribution in [-0.2, 0) is 11.3 Å². The van der Waals surface area contributed by atoms with Gasteiger partial charge < -0.3 is 4.74 Å². The Kier molecular flexibility index (Phi) is 18.8. The molecule has 0 bridgehead atoms. The molecule has 0 heterocycles. The third-order valence-electron chi connectivity index (χ3n) is 5.75. The molecule has 0 aliphatic heterocycles. The van der Waals surface area contributed by atoms with Crippen LogP contribution in [0.15, 0.2) is 30.3 Å². The maximum atomic E-state index is 5.75. The molecule has 1 rings (SSSR count). The molecule has 0 unspecified atom stereocenters. The first-order valence-corrected chi connectivity index (χ1v) is 12.5. The van der Waals surface area contributed by atoms with Crippen LogP contribution in [0.2, 0.25) is 0 Å². The standard InChI is InChI=1S/C27H48O/c1-2-3-4-5-6-7-8-9-10-11-12-13-14-15-16-17-18-22-25-28-26-27-23-20-19-21-24-27/h19-21,23-24H,2-18,22,25-26H2,1H3. The Bertz CT molecular complexity index is 400. The van der Waals surface area contributed by atoms with E-state index in [9.17, 15) is 0 Å². The van der Waals surface area contributed by atoms with Gasteiger partial charge in [-0.25, -0.2) is 0 Å². The average molecular weight is 389 g/mol. The Labute approximate surface area is 176 Å². The molecule has 28 heavy (non-hydrogen) atoms. The highest BCUT2D eigenvalue weighted by Gasteiger charge is 1.96. The second-order valence-corrected chi connectivity index (χ2v) is 8.55. The van der Waals surface area contributed by atoms with Gasteiger partial charge in [-0.15, -0.1) is 0 Å². The second kappa shape index (κ2) is 20.9. The number of unbranched alkanes of at least 4 members (excludes halogenated alkanes) is 17. The predicted molar refractivity (Wildman–Crippen MR) is 125 cm³/mol. The first-order chi connectivity index (χ1) is 13.9. The molecular weight excluding hydrogens is 340 g/mol. The lowest BCUT2D eigenvalue weighted by Crippen LogP contribution is -1.95. The Morgan fingerprint density at radius 1 is 0.500 bits per heavy atom. The van der Waals surface area contributed by atoms with E-state index in [-0.39, 0.29) is 0 Å². The van der Waals surface area contributed by atoms with Crippen LogP contribution in [0.4, 0.5) is 0 Å². The van der Waals surface area contributed by atoms with E-state index in [2.05, 4.69) is 37.3 Å². The Morgan fingerprint density at radius 2 is 0.893 bits per heavy atom. The molecule has 0 N–H and O–H groups in total. The van der Waals surface area contributed by atoms with Crippen molar-refractivity contribution in [2.24, 2.45) is 0 Å². The Hall–Kier alpha value is -0.820. The third kappa shape index (κ3) is 17.3. The van der Waals surface area contributed by atoms with Crippen molar-refractivity contribution >= 4 is 0 Å². The van der Waals surface area contributed by atoms with Gasteiger partial charge in [-0.05, 0) is 12.0 Å². The summed E-state index contributed by atoms with van der Waals surface area (Å²) in [4.78, 5) is 0. The zero-order valence-corrected chi connectivity index (χ0v) is 18.9. The minimum absolute atomic E-state index is 0.764. The maximum absolute atomic E-state index is 5.75. The van der Waals surface area contributed by atoms with Crippen molar-refractivity contribution in [3.63, 3.8) is 0 Å². The van der Waals surface area contributed by atoms with Crippen LogP contribution in [0, 0.1) is 0 Å². The highest BCUT2D eigenvalue weighted by Crippen LogP contribution is 2.14. The van der Waals surface area contributed by atoms with Gasteiger partial charge >= 0.3 is 0 Å². The molecule has 0 amide bonds. The van der Waals surface area contributed by atoms with Crippen molar-refractivity contribution in [1.29, 1.82) is 0 Å². The van der Waals surface area contributed by atoms with Gasteiger partial charge in [-0.1, -0.05) is 146 Å². The summed E-state index contributed by atoms with van der Waals surface area (Å²) in [5.74, 6) is 0. The van der Waals surface area contributed by atoms with E-state index >= 15 is 0 Å². The summed E-state index contributed by atoms with van der Waals surface area (Å²) >= 11 is 0. The minimum Gasteiger partial charge on any atom is -0.377 e. The number of rotatable bonds is 21. The lowest BCUT2D eigenvalue weighted by atomic mass is 10.0. The van der Waals surface area contributed by atoms with Crippen LogP contribution in [-0.4, -0.2) is 6.61 Å². The molecule has 1 aromatic rings. The highest BCUT2D eigenvalue weighted by molar-refractivity contribution is 5.13. The first kappa shape index (κ1) is 25.2. The summed E-state index contributed by atoms with van der Waals surface area (Å²) in [6, 6.07) is 10.5. The SMILES string of the molecule is CCCCCCCCCCCCCCCCCCCCOCc1ccccc1. The van der Waals surface area contributed by atoms with Gasteiger partial charge in [0, 0.05) is 6.61 Å². The topological polar surface area (TPSA) is 9.23 Å². The fourth-order valence-corrected chi connectivity index (χ4v) is 3.87. The Morgan fingerprint density at radius 3 is 1.32 bits per heavy atom. The fourth-order valence-electron chi connectivity index (χ4n) is 3.87. The van der Waals surface area contributed by atoms with Gasteiger partial charge in [-0.3, -0.25) is 0 Å². The molecule has 0 fully saturated rings. The number of hydrogen-bond donors (Lipinski definition) is 0. The van der Waals surface area contributed by atoms with Gasteiger partial charge in [-0.2, -0.15) is 0 Å². The van der Waals surface area contributed by atoms with Crippen LogP contribution in [0.25, 0.3) is 0 Å². The molecule has 1 heteroatoms. The van der Waals surface area contributed by atoms with Crippen LogP contribution in [0.1, 0.15) is 128 Å². The minimum atomic E-state index is 0.764. The van der Waals surface area contributed by atoms with E-state index in [1.807, 2.05) is 0 Å². The van der Waals surface area contributed by atoms with E-state index < -0.39 is 0 Å². The highest BCUT2D eigenvalue weighted by atomic mass is 16.5. The van der Waals surface area contributed by atoms with E-state index in [0.717, 1.165) is 13.2 Å². The summed E-state index contributed by atoms with van der Waals surface area (Å²) < 4.78 is 5.75. The van der Waals surface area contributed by atoms with Gasteiger partial charge in [0.05, 0.1) is 6.61 Å². The van der Waals surface area contributed by atoms with Crippen LogP contribution < -0.4 is 0 Å². The fraction of sp³-hybridized carbons (Fsp3) is 0.778. The molecule has 0 aliphatic rings. The van der Waals surface area contributed by atoms with Gasteiger partial charge in [0.15, 0.2) is 0 Å². The predicted octanol–water partition coefficient (Wildman–Crippen LogP) is 9.24. The number of ether oxygens (including phenoxy) is 1. The molecule has 1 nitrogen and oxygen atoms in total. The van der Waals surface area contributed by atoms with Crippen LogP contribution in [0.5, 0.6) is 0 Å². The normalized spacial score (nSPS) is 11.2. The maximum Gasteiger partial charge on any atom is 0.0716 e. The van der Waals surface area contributed by atoms with E-state index in [1.54, 1.807) is 0 Å². The van der Waals surface area contributed by atoms with Gasteiger partial charge in [0.25, 0.3) is 0 Å². The lowest BCUT2D eigenvalue weighted by molar-refractivity contribution is 0.116. The van der Waals surface area contributed by atoms with E-state index in [0.29, 0.717) is 0 Å². The van der Waals surface area contributed by atoms with Crippen LogP contribution >= 0.6 is 0 Å². The van der Waals surface area contributed by atoms with Gasteiger partial charge in [0.2, 0.25) is 0 Å². The largest absolute Gasteiger partial charge is 0.377 e. The van der Waals surface area contributed by atoms with Crippen molar-refractivity contribution in [2.45, 2.75) is 129 Å². The Balaban J connectivity index is 1.67. The van der Waals surface area contributed by atoms with Crippen molar-refractivity contribution in [1.82, 2.24) is 0 Å². The molecule has 0 atom stereocenters. The van der Waals surface area contributed by atoms with Gasteiger partial charge in [0.1, 0.15) is 0 Å². The molecule has 0 saturated carbocycles. The first-order valence-electron chi connectivity index (χ1n) is 12.5. The van der Waals surface area contributed by atoms with Crippen molar-refractivity contribution in [2.75, 3.05) is 6.61 Å². The molecule has 0 radical (unpaired) electrons. The lowest BCUT2D eigenvalue weighted by Gasteiger charge is -2.05. The molecule has 162 valence electrons.